The molecule has 0 aliphatic carbocycles. The van der Waals surface area contributed by atoms with E-state index in [2.05, 4.69) is 23.5 Å². The summed E-state index contributed by atoms with van der Waals surface area (Å²) in [4.78, 5) is 20.9. The van der Waals surface area contributed by atoms with Gasteiger partial charge in [-0.2, -0.15) is 0 Å². The van der Waals surface area contributed by atoms with E-state index in [0.29, 0.717) is 11.4 Å². The first-order valence-corrected chi connectivity index (χ1v) is 6.99. The molecule has 0 fully saturated rings. The monoisotopic (exact) mass is 308 g/mol. The van der Waals surface area contributed by atoms with Crippen LogP contribution in [0.15, 0.2) is 84.2 Å². The summed E-state index contributed by atoms with van der Waals surface area (Å²) < 4.78 is 6.01. The summed E-state index contributed by atoms with van der Waals surface area (Å²) in [5.74, 6) is 0. The molecule has 2 aromatic carbocycles. The van der Waals surface area contributed by atoms with Crippen LogP contribution >= 0.6 is 0 Å². The fourth-order valence-electron chi connectivity index (χ4n) is 2.15. The third-order valence-corrected chi connectivity index (χ3v) is 3.38. The molecule has 2 unspecified atom stereocenters. The standard InChI is InChI=1S/C18H16N2O3/c1-3-17(13-5-9-15(19-21)10-6-13)23-18(4-2)14-7-11-16(20-22)12-8-14/h3-12,17-18H,1-2H2. The first-order valence-electron chi connectivity index (χ1n) is 6.99. The molecule has 2 aromatic rings. The fourth-order valence-corrected chi connectivity index (χ4v) is 2.15. The largest absolute Gasteiger partial charge is 0.357 e. The van der Waals surface area contributed by atoms with Crippen LogP contribution in [0.1, 0.15) is 23.3 Å². The SMILES string of the molecule is C=CC(OC(C=C)c1ccc(N=O)cc1)c1ccc(N=O)cc1. The predicted molar refractivity (Wildman–Crippen MR) is 90.8 cm³/mol. The topological polar surface area (TPSA) is 68.1 Å². The average Bonchev–Trinajstić information content (AvgIpc) is 2.63. The maximum absolute atomic E-state index is 10.5. The molecule has 2 rings (SSSR count). The van der Waals surface area contributed by atoms with Gasteiger partial charge in [0, 0.05) is 0 Å². The van der Waals surface area contributed by atoms with Gasteiger partial charge in [-0.25, -0.2) is 0 Å². The van der Waals surface area contributed by atoms with Crippen LogP contribution in [0.2, 0.25) is 0 Å². The molecule has 2 atom stereocenters. The van der Waals surface area contributed by atoms with Crippen LogP contribution in [0.4, 0.5) is 11.4 Å². The van der Waals surface area contributed by atoms with Crippen molar-refractivity contribution >= 4 is 11.4 Å². The van der Waals surface area contributed by atoms with E-state index in [4.69, 9.17) is 4.74 Å². The Morgan fingerprint density at radius 2 is 1.09 bits per heavy atom. The van der Waals surface area contributed by atoms with Gasteiger partial charge in [-0.05, 0) is 45.7 Å². The van der Waals surface area contributed by atoms with Gasteiger partial charge in [-0.15, -0.1) is 23.0 Å². The highest BCUT2D eigenvalue weighted by Crippen LogP contribution is 2.30. The number of rotatable bonds is 8. The number of hydrogen-bond acceptors (Lipinski definition) is 5. The molecular weight excluding hydrogens is 292 g/mol. The summed E-state index contributed by atoms with van der Waals surface area (Å²) in [5, 5.41) is 5.74. The van der Waals surface area contributed by atoms with Crippen molar-refractivity contribution in [1.82, 2.24) is 0 Å². The zero-order valence-corrected chi connectivity index (χ0v) is 12.5. The number of hydrogen-bond donors (Lipinski definition) is 0. The summed E-state index contributed by atoms with van der Waals surface area (Å²) in [7, 11) is 0. The number of nitroso groups, excluding NO2 is 2. The highest BCUT2D eigenvalue weighted by atomic mass is 16.5. The van der Waals surface area contributed by atoms with Gasteiger partial charge in [-0.1, -0.05) is 36.4 Å². The van der Waals surface area contributed by atoms with E-state index in [1.807, 2.05) is 0 Å². The molecule has 5 heteroatoms. The van der Waals surface area contributed by atoms with Crippen LogP contribution in [0.5, 0.6) is 0 Å². The van der Waals surface area contributed by atoms with Gasteiger partial charge in [0.2, 0.25) is 0 Å². The van der Waals surface area contributed by atoms with Crippen molar-refractivity contribution in [3.05, 3.63) is 94.8 Å². The van der Waals surface area contributed by atoms with Gasteiger partial charge in [0.05, 0.1) is 0 Å². The summed E-state index contributed by atoms with van der Waals surface area (Å²) in [6.45, 7) is 7.58. The van der Waals surface area contributed by atoms with Crippen molar-refractivity contribution in [1.29, 1.82) is 0 Å². The molecule has 0 amide bonds. The fraction of sp³-hybridized carbons (Fsp3) is 0.111. The van der Waals surface area contributed by atoms with E-state index in [1.54, 1.807) is 60.7 Å². The first-order chi connectivity index (χ1) is 11.2. The lowest BCUT2D eigenvalue weighted by atomic mass is 10.1. The molecular formula is C18H16N2O3. The Morgan fingerprint density at radius 1 is 0.739 bits per heavy atom. The van der Waals surface area contributed by atoms with E-state index in [1.165, 1.54) is 0 Å². The Hall–Kier alpha value is -2.92. The van der Waals surface area contributed by atoms with Gasteiger partial charge in [0.25, 0.3) is 0 Å². The van der Waals surface area contributed by atoms with Crippen molar-refractivity contribution in [2.24, 2.45) is 10.4 Å². The van der Waals surface area contributed by atoms with Crippen molar-refractivity contribution < 1.29 is 4.74 Å². The zero-order valence-electron chi connectivity index (χ0n) is 12.5. The number of nitrogens with zero attached hydrogens (tertiary/aromatic N) is 2. The van der Waals surface area contributed by atoms with E-state index >= 15 is 0 Å². The van der Waals surface area contributed by atoms with E-state index in [0.717, 1.165) is 11.1 Å². The van der Waals surface area contributed by atoms with Crippen LogP contribution in [0.25, 0.3) is 0 Å². The van der Waals surface area contributed by atoms with Gasteiger partial charge >= 0.3 is 0 Å². The highest BCUT2D eigenvalue weighted by Gasteiger charge is 2.15. The van der Waals surface area contributed by atoms with E-state index in [-0.39, 0.29) is 12.2 Å². The third kappa shape index (κ3) is 4.05. The van der Waals surface area contributed by atoms with Crippen LogP contribution in [-0.4, -0.2) is 0 Å². The Labute approximate surface area is 134 Å². The molecule has 0 bridgehead atoms. The summed E-state index contributed by atoms with van der Waals surface area (Å²) >= 11 is 0. The molecule has 0 heterocycles. The first kappa shape index (κ1) is 16.5. The highest BCUT2D eigenvalue weighted by molar-refractivity contribution is 5.41. The molecule has 0 radical (unpaired) electrons. The van der Waals surface area contributed by atoms with Crippen LogP contribution in [-0.2, 0) is 4.74 Å². The predicted octanol–water partition coefficient (Wildman–Crippen LogP) is 5.65. The van der Waals surface area contributed by atoms with Crippen molar-refractivity contribution in [2.45, 2.75) is 12.2 Å². The average molecular weight is 308 g/mol. The smallest absolute Gasteiger partial charge is 0.108 e. The van der Waals surface area contributed by atoms with Crippen molar-refractivity contribution in [3.63, 3.8) is 0 Å². The lowest BCUT2D eigenvalue weighted by molar-refractivity contribution is 0.0403. The molecule has 116 valence electrons. The molecule has 0 aliphatic rings. The maximum atomic E-state index is 10.5. The maximum Gasteiger partial charge on any atom is 0.108 e. The Morgan fingerprint density at radius 3 is 1.35 bits per heavy atom. The molecule has 5 nitrogen and oxygen atoms in total. The third-order valence-electron chi connectivity index (χ3n) is 3.38. The van der Waals surface area contributed by atoms with Crippen molar-refractivity contribution in [2.75, 3.05) is 0 Å². The Balaban J connectivity index is 2.19. The lowest BCUT2D eigenvalue weighted by Crippen LogP contribution is -2.07. The molecule has 0 saturated carbocycles. The van der Waals surface area contributed by atoms with Crippen molar-refractivity contribution in [3.8, 4) is 0 Å². The second kappa shape index (κ2) is 7.91. The minimum Gasteiger partial charge on any atom is -0.357 e. The molecule has 23 heavy (non-hydrogen) atoms. The molecule has 0 N–H and O–H groups in total. The van der Waals surface area contributed by atoms with E-state index < -0.39 is 0 Å². The van der Waals surface area contributed by atoms with E-state index in [9.17, 15) is 9.81 Å². The van der Waals surface area contributed by atoms with Gasteiger partial charge in [-0.3, -0.25) is 0 Å². The second-order valence-corrected chi connectivity index (χ2v) is 4.81. The number of benzene rings is 2. The molecule has 0 spiro atoms. The van der Waals surface area contributed by atoms with Gasteiger partial charge < -0.3 is 4.74 Å². The Bertz CT molecular complexity index is 632. The Kier molecular flexibility index (Phi) is 5.66. The van der Waals surface area contributed by atoms with Crippen LogP contribution in [0.3, 0.4) is 0 Å². The lowest BCUT2D eigenvalue weighted by Gasteiger charge is -2.21. The number of ether oxygens (including phenoxy) is 1. The van der Waals surface area contributed by atoms with Gasteiger partial charge in [0.1, 0.15) is 23.6 Å². The van der Waals surface area contributed by atoms with Gasteiger partial charge in [0.15, 0.2) is 0 Å². The minimum absolute atomic E-state index is 0.355. The van der Waals surface area contributed by atoms with Crippen LogP contribution < -0.4 is 0 Å². The summed E-state index contributed by atoms with van der Waals surface area (Å²) in [6.07, 6.45) is 2.59. The molecule has 0 saturated heterocycles. The summed E-state index contributed by atoms with van der Waals surface area (Å²) in [6, 6.07) is 13.5. The summed E-state index contributed by atoms with van der Waals surface area (Å²) in [5.41, 5.74) is 2.42. The second-order valence-electron chi connectivity index (χ2n) is 4.81. The minimum atomic E-state index is -0.373. The molecule has 0 aromatic heterocycles. The quantitative estimate of drug-likeness (QED) is 0.467. The van der Waals surface area contributed by atoms with Crippen LogP contribution in [0, 0.1) is 9.81 Å². The normalized spacial score (nSPS) is 12.9. The zero-order chi connectivity index (χ0) is 16.7. The molecule has 0 aliphatic heterocycles.